The van der Waals surface area contributed by atoms with Gasteiger partial charge < -0.3 is 19.3 Å². The number of piperidine rings is 1. The lowest BCUT2D eigenvalue weighted by atomic mass is 9.99. The smallest absolute Gasteiger partial charge is 0.344 e. The van der Waals surface area contributed by atoms with Gasteiger partial charge in [-0.05, 0) is 49.9 Å². The first-order valence-corrected chi connectivity index (χ1v) is 14.6. The maximum atomic E-state index is 14.6. The third kappa shape index (κ3) is 4.33. The largest absolute Gasteiger partial charge is 0.478 e. The number of halogens is 3. The number of hydrogen-bond donors (Lipinski definition) is 1. The van der Waals surface area contributed by atoms with Gasteiger partial charge >= 0.3 is 11.9 Å². The van der Waals surface area contributed by atoms with Crippen LogP contribution in [-0.2, 0) is 4.74 Å². The summed E-state index contributed by atoms with van der Waals surface area (Å²) in [5, 5.41) is 14.9. The van der Waals surface area contributed by atoms with Gasteiger partial charge in [-0.25, -0.2) is 19.0 Å². The van der Waals surface area contributed by atoms with Crippen molar-refractivity contribution < 1.29 is 28.3 Å². The fraction of sp³-hybridized carbons (Fsp3) is 0.357. The molecule has 3 fully saturated rings. The summed E-state index contributed by atoms with van der Waals surface area (Å²) in [6.07, 6.45) is 4.44. The maximum absolute atomic E-state index is 14.6. The van der Waals surface area contributed by atoms with Crippen molar-refractivity contribution in [3.63, 3.8) is 0 Å². The van der Waals surface area contributed by atoms with E-state index in [2.05, 4.69) is 15.0 Å². The Balaban J connectivity index is 1.14. The molecule has 4 heterocycles. The van der Waals surface area contributed by atoms with Gasteiger partial charge in [0, 0.05) is 36.4 Å². The van der Waals surface area contributed by atoms with Crippen LogP contribution in [0.5, 0.6) is 0 Å². The van der Waals surface area contributed by atoms with E-state index in [0.717, 1.165) is 31.7 Å². The summed E-state index contributed by atoms with van der Waals surface area (Å²) in [4.78, 5) is 31.7. The van der Waals surface area contributed by atoms with Crippen molar-refractivity contribution >= 4 is 61.8 Å². The summed E-state index contributed by atoms with van der Waals surface area (Å²) in [7, 11) is 0. The van der Waals surface area contributed by atoms with Gasteiger partial charge in [0.15, 0.2) is 16.7 Å². The summed E-state index contributed by atoms with van der Waals surface area (Å²) in [6, 6.07) is 7.67. The second-order valence-corrected chi connectivity index (χ2v) is 12.4. The van der Waals surface area contributed by atoms with Gasteiger partial charge in [0.05, 0.1) is 20.3 Å². The zero-order chi connectivity index (χ0) is 27.7. The number of carboxylic acids is 1. The number of aromatic carboxylic acids is 1. The molecule has 3 aliphatic rings. The van der Waals surface area contributed by atoms with E-state index < -0.39 is 17.8 Å². The first-order valence-electron chi connectivity index (χ1n) is 13.0. The molecular formula is C28H22Cl2FN3O5S. The number of benzene rings is 2. The van der Waals surface area contributed by atoms with Gasteiger partial charge in [-0.3, -0.25) is 0 Å². The number of esters is 1. The van der Waals surface area contributed by atoms with Crippen LogP contribution >= 0.6 is 34.5 Å². The van der Waals surface area contributed by atoms with Crippen molar-refractivity contribution in [1.29, 1.82) is 0 Å². The average molecular weight is 602 g/mol. The second-order valence-electron chi connectivity index (χ2n) is 10.5. The van der Waals surface area contributed by atoms with Crippen molar-refractivity contribution in [2.75, 3.05) is 4.90 Å². The number of aromatic nitrogens is 2. The highest BCUT2D eigenvalue weighted by atomic mass is 35.5. The van der Waals surface area contributed by atoms with Crippen molar-refractivity contribution in [2.45, 2.75) is 62.6 Å². The average Bonchev–Trinajstić information content (AvgIpc) is 3.41. The van der Waals surface area contributed by atoms with Crippen LogP contribution in [0, 0.1) is 5.82 Å². The van der Waals surface area contributed by atoms with Gasteiger partial charge in [-0.2, -0.15) is 0 Å². The van der Waals surface area contributed by atoms with Crippen LogP contribution in [0.15, 0.2) is 34.9 Å². The first kappa shape index (κ1) is 25.7. The van der Waals surface area contributed by atoms with Crippen LogP contribution in [0.3, 0.4) is 0 Å². The molecule has 8 nitrogen and oxygen atoms in total. The quantitative estimate of drug-likeness (QED) is 0.229. The third-order valence-electron chi connectivity index (χ3n) is 7.94. The number of carbonyl (C=O) groups excluding carboxylic acids is 1. The number of thiazole rings is 1. The van der Waals surface area contributed by atoms with Crippen LogP contribution in [-0.4, -0.2) is 45.4 Å². The van der Waals surface area contributed by atoms with E-state index in [-0.39, 0.29) is 40.7 Å². The Morgan fingerprint density at radius 3 is 2.45 bits per heavy atom. The minimum Gasteiger partial charge on any atom is -0.478 e. The van der Waals surface area contributed by atoms with Crippen LogP contribution in [0.4, 0.5) is 9.52 Å². The summed E-state index contributed by atoms with van der Waals surface area (Å²) in [5.74, 6) is -1.72. The molecule has 206 valence electrons. The molecule has 0 radical (unpaired) electrons. The number of nitrogens with zero attached hydrogens (tertiary/aromatic N) is 3. The fourth-order valence-corrected chi connectivity index (χ4v) is 7.72. The predicted molar refractivity (Wildman–Crippen MR) is 148 cm³/mol. The molecule has 2 atom stereocenters. The number of rotatable bonds is 6. The lowest BCUT2D eigenvalue weighted by Crippen LogP contribution is -2.46. The minimum absolute atomic E-state index is 0.0574. The lowest BCUT2D eigenvalue weighted by molar-refractivity contribution is 0.0202. The molecule has 0 amide bonds. The van der Waals surface area contributed by atoms with E-state index in [4.69, 9.17) is 32.5 Å². The molecule has 12 heteroatoms. The molecule has 2 aromatic carbocycles. The van der Waals surface area contributed by atoms with Gasteiger partial charge in [0.2, 0.25) is 0 Å². The molecule has 2 unspecified atom stereocenters. The Labute approximate surface area is 241 Å². The Morgan fingerprint density at radius 1 is 1.10 bits per heavy atom. The molecule has 1 saturated carbocycles. The van der Waals surface area contributed by atoms with Crippen molar-refractivity contribution in [3.8, 4) is 11.3 Å². The van der Waals surface area contributed by atoms with Crippen LogP contribution in [0.2, 0.25) is 10.0 Å². The maximum Gasteiger partial charge on any atom is 0.344 e. The normalized spacial score (nSPS) is 22.2. The molecule has 2 bridgehead atoms. The van der Waals surface area contributed by atoms with E-state index in [1.165, 1.54) is 17.4 Å². The van der Waals surface area contributed by atoms with Crippen LogP contribution in [0.25, 0.3) is 21.5 Å². The lowest BCUT2D eigenvalue weighted by Gasteiger charge is -2.38. The Kier molecular flexibility index (Phi) is 6.25. The van der Waals surface area contributed by atoms with Gasteiger partial charge in [0.25, 0.3) is 0 Å². The van der Waals surface area contributed by atoms with E-state index >= 15 is 0 Å². The predicted octanol–water partition coefficient (Wildman–Crippen LogP) is 7.33. The Hall–Kier alpha value is -3.21. The third-order valence-corrected chi connectivity index (χ3v) is 9.58. The molecule has 2 aliphatic heterocycles. The number of carboxylic acid groups (broad SMARTS) is 1. The molecule has 4 aromatic rings. The monoisotopic (exact) mass is 601 g/mol. The van der Waals surface area contributed by atoms with Crippen molar-refractivity contribution in [2.24, 2.45) is 0 Å². The van der Waals surface area contributed by atoms with Gasteiger partial charge in [-0.1, -0.05) is 45.8 Å². The number of fused-ring (bicyclic) bond motifs is 3. The number of hydrogen-bond acceptors (Lipinski definition) is 8. The highest BCUT2D eigenvalue weighted by Crippen LogP contribution is 2.47. The molecule has 1 aliphatic carbocycles. The SMILES string of the molecule is O=C(O)c1cc(F)c2nc(N3C4CCC3CC(OC(=O)c3c(-c5c(Cl)cccc5Cl)noc3C3CC3)C4)sc2c1. The summed E-state index contributed by atoms with van der Waals surface area (Å²) < 4.78 is 26.8. The highest BCUT2D eigenvalue weighted by molar-refractivity contribution is 7.22. The van der Waals surface area contributed by atoms with E-state index in [1.54, 1.807) is 18.2 Å². The van der Waals surface area contributed by atoms with Gasteiger partial charge in [-0.15, -0.1) is 0 Å². The standard InChI is InChI=1S/C28H22Cl2FN3O5S/c29-17-2-1-3-18(30)21(17)24-22(25(39-33-24)12-4-5-12)27(37)38-16-10-14-6-7-15(11-16)34(14)28-32-23-19(31)8-13(26(35)36)9-20(23)40-28/h1-3,8-9,12,14-16H,4-7,10-11H2,(H,35,36). The molecule has 7 rings (SSSR count). The zero-order valence-electron chi connectivity index (χ0n) is 20.9. The zero-order valence-corrected chi connectivity index (χ0v) is 23.2. The number of anilines is 1. The van der Waals surface area contributed by atoms with Gasteiger partial charge in [0.1, 0.15) is 22.9 Å². The van der Waals surface area contributed by atoms with Crippen molar-refractivity contribution in [3.05, 3.63) is 63.1 Å². The van der Waals surface area contributed by atoms with E-state index in [9.17, 15) is 19.1 Å². The molecule has 0 spiro atoms. The topological polar surface area (TPSA) is 106 Å². The molecule has 2 saturated heterocycles. The minimum atomic E-state index is -1.18. The Morgan fingerprint density at radius 2 is 1.80 bits per heavy atom. The summed E-state index contributed by atoms with van der Waals surface area (Å²) in [5.41, 5.74) is 1.08. The highest BCUT2D eigenvalue weighted by Gasteiger charge is 2.45. The molecule has 2 aromatic heterocycles. The first-order chi connectivity index (χ1) is 19.3. The van der Waals surface area contributed by atoms with Crippen LogP contribution < -0.4 is 4.90 Å². The number of ether oxygens (including phenoxy) is 1. The van der Waals surface area contributed by atoms with Crippen LogP contribution in [0.1, 0.15) is 70.9 Å². The molecule has 40 heavy (non-hydrogen) atoms. The Bertz CT molecular complexity index is 1650. The molecular weight excluding hydrogens is 580 g/mol. The molecule has 1 N–H and O–H groups in total. The van der Waals surface area contributed by atoms with E-state index in [0.29, 0.717) is 49.7 Å². The summed E-state index contributed by atoms with van der Waals surface area (Å²) >= 11 is 14.2. The van der Waals surface area contributed by atoms with E-state index in [1.807, 2.05) is 0 Å². The number of carbonyl (C=O) groups is 2. The van der Waals surface area contributed by atoms with Crippen molar-refractivity contribution in [1.82, 2.24) is 10.1 Å². The fourth-order valence-electron chi connectivity index (χ4n) is 5.98. The second kappa shape index (κ2) is 9.71. The summed E-state index contributed by atoms with van der Waals surface area (Å²) in [6.45, 7) is 0.